The summed E-state index contributed by atoms with van der Waals surface area (Å²) in [7, 11) is 2.22. The molecule has 1 aliphatic carbocycles. The van der Waals surface area contributed by atoms with Gasteiger partial charge in [-0.3, -0.25) is 0 Å². The molecule has 18 heavy (non-hydrogen) atoms. The van der Waals surface area contributed by atoms with Gasteiger partial charge < -0.3 is 10.6 Å². The Morgan fingerprint density at radius 3 is 2.56 bits per heavy atom. The molecule has 100 valence electrons. The predicted octanol–water partition coefficient (Wildman–Crippen LogP) is 3.40. The first-order valence-corrected chi connectivity index (χ1v) is 7.62. The summed E-state index contributed by atoms with van der Waals surface area (Å²) in [4.78, 5) is 2.43. The van der Waals surface area contributed by atoms with Gasteiger partial charge in [0.25, 0.3) is 0 Å². The number of halogens is 1. The molecular weight excluding hydrogens is 288 g/mol. The highest BCUT2D eigenvalue weighted by Gasteiger charge is 2.19. The number of nitrogens with zero attached hydrogens (tertiary/aromatic N) is 1. The molecule has 0 amide bonds. The highest BCUT2D eigenvalue weighted by molar-refractivity contribution is 9.10. The van der Waals surface area contributed by atoms with E-state index in [0.29, 0.717) is 6.04 Å². The molecule has 0 radical (unpaired) electrons. The lowest BCUT2D eigenvalue weighted by molar-refractivity contribution is 0.219. The van der Waals surface area contributed by atoms with Crippen molar-refractivity contribution in [3.63, 3.8) is 0 Å². The Balaban J connectivity index is 1.82. The van der Waals surface area contributed by atoms with Crippen molar-refractivity contribution in [2.45, 2.75) is 38.3 Å². The van der Waals surface area contributed by atoms with Crippen LogP contribution in [0.5, 0.6) is 0 Å². The minimum absolute atomic E-state index is 0.454. The molecule has 1 aromatic carbocycles. The van der Waals surface area contributed by atoms with Crippen molar-refractivity contribution in [2.24, 2.45) is 11.7 Å². The zero-order valence-electron chi connectivity index (χ0n) is 11.1. The predicted molar refractivity (Wildman–Crippen MR) is 80.4 cm³/mol. The summed E-state index contributed by atoms with van der Waals surface area (Å²) in [5.41, 5.74) is 7.32. The Kier molecular flexibility index (Phi) is 5.22. The van der Waals surface area contributed by atoms with E-state index in [9.17, 15) is 0 Å². The zero-order valence-corrected chi connectivity index (χ0v) is 12.7. The highest BCUT2D eigenvalue weighted by atomic mass is 79.9. The van der Waals surface area contributed by atoms with E-state index in [-0.39, 0.29) is 0 Å². The van der Waals surface area contributed by atoms with Gasteiger partial charge in [-0.2, -0.15) is 0 Å². The van der Waals surface area contributed by atoms with E-state index in [0.717, 1.165) is 12.5 Å². The van der Waals surface area contributed by atoms with Crippen LogP contribution in [0.25, 0.3) is 0 Å². The van der Waals surface area contributed by atoms with Crippen LogP contribution < -0.4 is 5.73 Å². The zero-order chi connectivity index (χ0) is 13.0. The number of rotatable bonds is 4. The third-order valence-corrected chi connectivity index (χ3v) is 4.63. The molecule has 0 aliphatic heterocycles. The van der Waals surface area contributed by atoms with Crippen molar-refractivity contribution in [3.8, 4) is 0 Å². The maximum Gasteiger partial charge on any atom is 0.0242 e. The molecule has 1 aromatic rings. The lowest BCUT2D eigenvalue weighted by Crippen LogP contribution is -2.32. The molecule has 1 fully saturated rings. The van der Waals surface area contributed by atoms with Gasteiger partial charge in [-0.15, -0.1) is 0 Å². The van der Waals surface area contributed by atoms with Crippen LogP contribution in [-0.4, -0.2) is 24.5 Å². The number of hydrogen-bond acceptors (Lipinski definition) is 2. The summed E-state index contributed by atoms with van der Waals surface area (Å²) in [5, 5.41) is 0. The lowest BCUT2D eigenvalue weighted by atomic mass is 9.86. The van der Waals surface area contributed by atoms with Crippen LogP contribution in [0.15, 0.2) is 28.7 Å². The minimum atomic E-state index is 0.454. The van der Waals surface area contributed by atoms with Crippen LogP contribution in [0.2, 0.25) is 0 Å². The molecule has 0 spiro atoms. The Morgan fingerprint density at radius 1 is 1.22 bits per heavy atom. The van der Waals surface area contributed by atoms with Gasteiger partial charge in [-0.1, -0.05) is 34.1 Å². The topological polar surface area (TPSA) is 29.3 Å². The van der Waals surface area contributed by atoms with E-state index in [2.05, 4.69) is 52.1 Å². The van der Waals surface area contributed by atoms with E-state index >= 15 is 0 Å². The van der Waals surface area contributed by atoms with Crippen molar-refractivity contribution >= 4 is 15.9 Å². The monoisotopic (exact) mass is 310 g/mol. The van der Waals surface area contributed by atoms with Crippen molar-refractivity contribution in [1.82, 2.24) is 4.90 Å². The molecule has 2 nitrogen and oxygen atoms in total. The largest absolute Gasteiger partial charge is 0.328 e. The van der Waals surface area contributed by atoms with Gasteiger partial charge >= 0.3 is 0 Å². The normalized spacial score (nSPS) is 24.4. The van der Waals surface area contributed by atoms with Crippen LogP contribution in [0, 0.1) is 5.92 Å². The van der Waals surface area contributed by atoms with Crippen LogP contribution in [0.3, 0.4) is 0 Å². The van der Waals surface area contributed by atoms with Crippen molar-refractivity contribution in [2.75, 3.05) is 13.6 Å². The molecule has 0 saturated heterocycles. The first-order valence-electron chi connectivity index (χ1n) is 6.82. The van der Waals surface area contributed by atoms with Crippen LogP contribution in [0.4, 0.5) is 0 Å². The third kappa shape index (κ3) is 4.08. The molecule has 0 unspecified atom stereocenters. The SMILES string of the molecule is CN(Cc1ccccc1Br)CC1CCC(N)CC1. The first kappa shape index (κ1) is 14.0. The van der Waals surface area contributed by atoms with Gasteiger partial charge in [0.2, 0.25) is 0 Å². The molecule has 0 heterocycles. The Morgan fingerprint density at radius 2 is 1.89 bits per heavy atom. The number of nitrogens with two attached hydrogens (primary N) is 1. The van der Waals surface area contributed by atoms with Crippen molar-refractivity contribution in [3.05, 3.63) is 34.3 Å². The van der Waals surface area contributed by atoms with E-state index in [1.165, 1.54) is 42.3 Å². The van der Waals surface area contributed by atoms with E-state index < -0.39 is 0 Å². The maximum atomic E-state index is 5.95. The molecule has 1 saturated carbocycles. The number of hydrogen-bond donors (Lipinski definition) is 1. The lowest BCUT2D eigenvalue weighted by Gasteiger charge is -2.29. The fraction of sp³-hybridized carbons (Fsp3) is 0.600. The molecule has 2 N–H and O–H groups in total. The fourth-order valence-corrected chi connectivity index (χ4v) is 3.20. The van der Waals surface area contributed by atoms with Crippen LogP contribution >= 0.6 is 15.9 Å². The fourth-order valence-electron chi connectivity index (χ4n) is 2.79. The maximum absolute atomic E-state index is 5.95. The van der Waals surface area contributed by atoms with Gasteiger partial charge in [0.15, 0.2) is 0 Å². The van der Waals surface area contributed by atoms with Crippen LogP contribution in [-0.2, 0) is 6.54 Å². The van der Waals surface area contributed by atoms with E-state index in [1.54, 1.807) is 0 Å². The molecule has 1 aliphatic rings. The summed E-state index contributed by atoms with van der Waals surface area (Å²) < 4.78 is 1.21. The van der Waals surface area contributed by atoms with E-state index in [4.69, 9.17) is 5.73 Å². The van der Waals surface area contributed by atoms with Gasteiger partial charge in [0.05, 0.1) is 0 Å². The van der Waals surface area contributed by atoms with Gasteiger partial charge in [-0.05, 0) is 50.3 Å². The standard InChI is InChI=1S/C15H23BrN2/c1-18(10-12-6-8-14(17)9-7-12)11-13-4-2-3-5-15(13)16/h2-5,12,14H,6-11,17H2,1H3. The molecule has 0 atom stereocenters. The summed E-state index contributed by atoms with van der Waals surface area (Å²) in [6, 6.07) is 8.93. The second-order valence-corrected chi connectivity index (χ2v) is 6.42. The Labute approximate surface area is 119 Å². The highest BCUT2D eigenvalue weighted by Crippen LogP contribution is 2.25. The summed E-state index contributed by atoms with van der Waals surface area (Å²) >= 11 is 3.61. The Bertz CT molecular complexity index is 373. The number of benzene rings is 1. The molecule has 0 bridgehead atoms. The van der Waals surface area contributed by atoms with Crippen LogP contribution in [0.1, 0.15) is 31.2 Å². The van der Waals surface area contributed by atoms with Crippen molar-refractivity contribution < 1.29 is 0 Å². The molecule has 3 heteroatoms. The molecular formula is C15H23BrN2. The third-order valence-electron chi connectivity index (χ3n) is 3.86. The van der Waals surface area contributed by atoms with Gasteiger partial charge in [0.1, 0.15) is 0 Å². The first-order chi connectivity index (χ1) is 8.65. The average molecular weight is 311 g/mol. The second-order valence-electron chi connectivity index (χ2n) is 5.57. The Hall–Kier alpha value is -0.380. The average Bonchev–Trinajstić information content (AvgIpc) is 2.35. The van der Waals surface area contributed by atoms with Gasteiger partial charge in [0, 0.05) is 23.6 Å². The van der Waals surface area contributed by atoms with Gasteiger partial charge in [-0.25, -0.2) is 0 Å². The summed E-state index contributed by atoms with van der Waals surface area (Å²) in [6.07, 6.45) is 4.99. The minimum Gasteiger partial charge on any atom is -0.328 e. The van der Waals surface area contributed by atoms with E-state index in [1.807, 2.05) is 0 Å². The van der Waals surface area contributed by atoms with Crippen molar-refractivity contribution in [1.29, 1.82) is 0 Å². The summed E-state index contributed by atoms with van der Waals surface area (Å²) in [6.45, 7) is 2.21. The second kappa shape index (κ2) is 6.69. The molecule has 0 aromatic heterocycles. The smallest absolute Gasteiger partial charge is 0.0242 e. The quantitative estimate of drug-likeness (QED) is 0.923. The molecule has 2 rings (SSSR count). The summed E-state index contributed by atoms with van der Waals surface area (Å²) in [5.74, 6) is 0.831.